The van der Waals surface area contributed by atoms with Gasteiger partial charge in [0.2, 0.25) is 0 Å². The van der Waals surface area contributed by atoms with Gasteiger partial charge in [-0.15, -0.1) is 6.42 Å². The summed E-state index contributed by atoms with van der Waals surface area (Å²) in [7, 11) is 1.58. The number of fused-ring (bicyclic) bond motifs is 1. The van der Waals surface area contributed by atoms with Gasteiger partial charge >= 0.3 is 6.03 Å². The highest BCUT2D eigenvalue weighted by molar-refractivity contribution is 5.74. The molecule has 0 saturated carbocycles. The third kappa shape index (κ3) is 5.93. The molecule has 0 aliphatic carbocycles. The van der Waals surface area contributed by atoms with Gasteiger partial charge in [0, 0.05) is 31.7 Å². The maximum Gasteiger partial charge on any atom is 0.315 e. The highest BCUT2D eigenvalue weighted by Crippen LogP contribution is 2.28. The van der Waals surface area contributed by atoms with Gasteiger partial charge in [-0.25, -0.2) is 4.79 Å². The Morgan fingerprint density at radius 1 is 1.16 bits per heavy atom. The van der Waals surface area contributed by atoms with Crippen LogP contribution in [0.3, 0.4) is 0 Å². The van der Waals surface area contributed by atoms with Crippen LogP contribution in [0.4, 0.5) is 4.79 Å². The van der Waals surface area contributed by atoms with E-state index in [0.29, 0.717) is 24.6 Å². The first-order chi connectivity index (χ1) is 14.9. The molecular formula is C25H31N3O3. The Morgan fingerprint density at radius 2 is 1.94 bits per heavy atom. The SMILES string of the molecule is C#CCOc1cc(CNC(=O)NCC(C)(C)N2CCc3ccccc3C2)ccc1OC. The number of carbonyl (C=O) groups is 1. The number of carbonyl (C=O) groups excluding carboxylic acids is 1. The molecule has 6 nitrogen and oxygen atoms in total. The van der Waals surface area contributed by atoms with Crippen LogP contribution in [0.5, 0.6) is 11.5 Å². The number of rotatable bonds is 8. The lowest BCUT2D eigenvalue weighted by molar-refractivity contribution is 0.104. The monoisotopic (exact) mass is 421 g/mol. The van der Waals surface area contributed by atoms with Crippen LogP contribution in [0.25, 0.3) is 0 Å². The van der Waals surface area contributed by atoms with E-state index < -0.39 is 0 Å². The number of hydrogen-bond donors (Lipinski definition) is 2. The van der Waals surface area contributed by atoms with E-state index in [1.165, 1.54) is 11.1 Å². The molecule has 164 valence electrons. The fourth-order valence-electron chi connectivity index (χ4n) is 3.73. The van der Waals surface area contributed by atoms with Gasteiger partial charge in [0.25, 0.3) is 0 Å². The molecular weight excluding hydrogens is 390 g/mol. The first kappa shape index (κ1) is 22.5. The fourth-order valence-corrected chi connectivity index (χ4v) is 3.73. The van der Waals surface area contributed by atoms with Crippen LogP contribution in [-0.4, -0.2) is 43.3 Å². The van der Waals surface area contributed by atoms with Crippen LogP contribution < -0.4 is 20.1 Å². The summed E-state index contributed by atoms with van der Waals surface area (Å²) in [5, 5.41) is 5.92. The van der Waals surface area contributed by atoms with Gasteiger partial charge in [-0.1, -0.05) is 36.3 Å². The summed E-state index contributed by atoms with van der Waals surface area (Å²) in [4.78, 5) is 14.8. The average Bonchev–Trinajstić information content (AvgIpc) is 2.79. The van der Waals surface area contributed by atoms with E-state index >= 15 is 0 Å². The summed E-state index contributed by atoms with van der Waals surface area (Å²) >= 11 is 0. The predicted molar refractivity (Wildman–Crippen MR) is 122 cm³/mol. The first-order valence-electron chi connectivity index (χ1n) is 10.5. The number of hydrogen-bond acceptors (Lipinski definition) is 4. The predicted octanol–water partition coefficient (Wildman–Crippen LogP) is 3.34. The van der Waals surface area contributed by atoms with Crippen molar-refractivity contribution in [1.82, 2.24) is 15.5 Å². The van der Waals surface area contributed by atoms with E-state index in [4.69, 9.17) is 15.9 Å². The lowest BCUT2D eigenvalue weighted by Gasteiger charge is -2.41. The highest BCUT2D eigenvalue weighted by Gasteiger charge is 2.30. The van der Waals surface area contributed by atoms with E-state index in [0.717, 1.165) is 25.1 Å². The summed E-state index contributed by atoms with van der Waals surface area (Å²) in [6.45, 7) is 7.31. The second-order valence-electron chi connectivity index (χ2n) is 8.27. The van der Waals surface area contributed by atoms with Crippen molar-refractivity contribution < 1.29 is 14.3 Å². The van der Waals surface area contributed by atoms with Crippen molar-refractivity contribution in [3.8, 4) is 23.8 Å². The Kier molecular flexibility index (Phi) is 7.43. The largest absolute Gasteiger partial charge is 0.493 e. The molecule has 2 amide bonds. The Morgan fingerprint density at radius 3 is 2.68 bits per heavy atom. The molecule has 0 spiro atoms. The van der Waals surface area contributed by atoms with E-state index in [1.807, 2.05) is 12.1 Å². The number of benzene rings is 2. The smallest absolute Gasteiger partial charge is 0.315 e. The molecule has 2 N–H and O–H groups in total. The molecule has 2 aromatic carbocycles. The molecule has 1 heterocycles. The molecule has 0 aromatic heterocycles. The minimum atomic E-state index is -0.201. The number of urea groups is 1. The van der Waals surface area contributed by atoms with Crippen molar-refractivity contribution in [2.24, 2.45) is 0 Å². The fraction of sp³-hybridized carbons (Fsp3) is 0.400. The zero-order valence-corrected chi connectivity index (χ0v) is 18.5. The van der Waals surface area contributed by atoms with Crippen LogP contribution in [0.2, 0.25) is 0 Å². The van der Waals surface area contributed by atoms with Gasteiger partial charge in [0.1, 0.15) is 6.61 Å². The maximum absolute atomic E-state index is 12.4. The zero-order chi connectivity index (χ0) is 22.3. The van der Waals surface area contributed by atoms with E-state index in [9.17, 15) is 4.79 Å². The van der Waals surface area contributed by atoms with Crippen LogP contribution in [-0.2, 0) is 19.5 Å². The maximum atomic E-state index is 12.4. The van der Waals surface area contributed by atoms with Gasteiger partial charge in [0.05, 0.1) is 7.11 Å². The second-order valence-corrected chi connectivity index (χ2v) is 8.27. The molecule has 1 aliphatic rings. The second kappa shape index (κ2) is 10.2. The lowest BCUT2D eigenvalue weighted by Crippen LogP contribution is -2.54. The minimum absolute atomic E-state index is 0.152. The van der Waals surface area contributed by atoms with Gasteiger partial charge in [-0.05, 0) is 49.1 Å². The van der Waals surface area contributed by atoms with Crippen molar-refractivity contribution in [3.63, 3.8) is 0 Å². The first-order valence-corrected chi connectivity index (χ1v) is 10.5. The molecule has 0 bridgehead atoms. The van der Waals surface area contributed by atoms with E-state index in [2.05, 4.69) is 59.6 Å². The molecule has 31 heavy (non-hydrogen) atoms. The van der Waals surface area contributed by atoms with Crippen molar-refractivity contribution in [1.29, 1.82) is 0 Å². The van der Waals surface area contributed by atoms with E-state index in [1.54, 1.807) is 13.2 Å². The Balaban J connectivity index is 1.50. The molecule has 1 aliphatic heterocycles. The highest BCUT2D eigenvalue weighted by atomic mass is 16.5. The Labute approximate surface area is 184 Å². The Bertz CT molecular complexity index is 949. The summed E-state index contributed by atoms with van der Waals surface area (Å²) in [5.41, 5.74) is 3.54. The molecule has 0 atom stereocenters. The summed E-state index contributed by atoms with van der Waals surface area (Å²) in [6.07, 6.45) is 6.30. The van der Waals surface area contributed by atoms with Gasteiger partial charge < -0.3 is 20.1 Å². The molecule has 2 aromatic rings. The van der Waals surface area contributed by atoms with Crippen LogP contribution in [0, 0.1) is 12.3 Å². The summed E-state index contributed by atoms with van der Waals surface area (Å²) in [6, 6.07) is 13.9. The summed E-state index contributed by atoms with van der Waals surface area (Å²) < 4.78 is 10.8. The van der Waals surface area contributed by atoms with Crippen LogP contribution in [0.1, 0.15) is 30.5 Å². The van der Waals surface area contributed by atoms with Gasteiger partial charge in [-0.3, -0.25) is 4.90 Å². The number of ether oxygens (including phenoxy) is 2. The Hall–Kier alpha value is -3.17. The third-order valence-electron chi connectivity index (χ3n) is 5.66. The number of nitrogens with one attached hydrogen (secondary N) is 2. The third-order valence-corrected chi connectivity index (χ3v) is 5.66. The molecule has 6 heteroatoms. The van der Waals surface area contributed by atoms with Gasteiger partial charge in [-0.2, -0.15) is 0 Å². The van der Waals surface area contributed by atoms with Crippen molar-refractivity contribution in [3.05, 3.63) is 59.2 Å². The molecule has 0 saturated heterocycles. The molecule has 0 unspecified atom stereocenters. The van der Waals surface area contributed by atoms with Crippen molar-refractivity contribution >= 4 is 6.03 Å². The van der Waals surface area contributed by atoms with E-state index in [-0.39, 0.29) is 18.2 Å². The van der Waals surface area contributed by atoms with Crippen LogP contribution >= 0.6 is 0 Å². The molecule has 3 rings (SSSR count). The molecule has 0 radical (unpaired) electrons. The van der Waals surface area contributed by atoms with Gasteiger partial charge in [0.15, 0.2) is 11.5 Å². The quantitative estimate of drug-likeness (QED) is 0.642. The normalized spacial score (nSPS) is 13.6. The number of amides is 2. The van der Waals surface area contributed by atoms with Crippen molar-refractivity contribution in [2.75, 3.05) is 26.8 Å². The lowest BCUT2D eigenvalue weighted by atomic mass is 9.94. The zero-order valence-electron chi connectivity index (χ0n) is 18.5. The minimum Gasteiger partial charge on any atom is -0.493 e. The van der Waals surface area contributed by atoms with Crippen molar-refractivity contribution in [2.45, 2.75) is 38.9 Å². The average molecular weight is 422 g/mol. The summed E-state index contributed by atoms with van der Waals surface area (Å²) in [5.74, 6) is 3.61. The topological polar surface area (TPSA) is 62.8 Å². The number of nitrogens with zero attached hydrogens (tertiary/aromatic N) is 1. The number of terminal acetylenes is 1. The number of methoxy groups -OCH3 is 1. The standard InChI is InChI=1S/C25H31N3O3/c1-5-14-31-23-15-19(10-11-22(23)30-4)16-26-24(29)27-18-25(2,3)28-13-12-20-8-6-7-9-21(20)17-28/h1,6-11,15H,12-14,16-18H2,2-4H3,(H2,26,27,29). The van der Waals surface area contributed by atoms with Crippen LogP contribution in [0.15, 0.2) is 42.5 Å². The molecule has 0 fully saturated rings.